The van der Waals surface area contributed by atoms with E-state index in [0.717, 1.165) is 25.7 Å². The van der Waals surface area contributed by atoms with Gasteiger partial charge in [0.25, 0.3) is 0 Å². The fourth-order valence-electron chi connectivity index (χ4n) is 2.77. The van der Waals surface area contributed by atoms with Crippen LogP contribution in [0.5, 0.6) is 0 Å². The lowest BCUT2D eigenvalue weighted by Crippen LogP contribution is -2.27. The SMILES string of the molecule is NCC1CCC(C(=O)Cc2c(F)ccc(Br)c2F)CC1. The summed E-state index contributed by atoms with van der Waals surface area (Å²) in [4.78, 5) is 12.2. The summed E-state index contributed by atoms with van der Waals surface area (Å²) in [7, 11) is 0. The highest BCUT2D eigenvalue weighted by Crippen LogP contribution is 2.30. The van der Waals surface area contributed by atoms with Gasteiger partial charge < -0.3 is 5.73 Å². The standard InChI is InChI=1S/C15H18BrF2NO/c16-12-5-6-13(17)11(15(12)18)7-14(20)10-3-1-9(8-19)2-4-10/h5-6,9-10H,1-4,7-8,19H2. The van der Waals surface area contributed by atoms with E-state index < -0.39 is 11.6 Å². The molecule has 110 valence electrons. The number of ketones is 1. The lowest BCUT2D eigenvalue weighted by Gasteiger charge is -2.26. The topological polar surface area (TPSA) is 43.1 Å². The van der Waals surface area contributed by atoms with Crippen LogP contribution in [0.1, 0.15) is 31.2 Å². The summed E-state index contributed by atoms with van der Waals surface area (Å²) in [5.41, 5.74) is 5.48. The molecule has 1 aliphatic carbocycles. The predicted molar refractivity (Wildman–Crippen MR) is 77.3 cm³/mol. The molecule has 1 aromatic rings. The van der Waals surface area contributed by atoms with Crippen molar-refractivity contribution in [2.24, 2.45) is 17.6 Å². The van der Waals surface area contributed by atoms with Crippen LogP contribution in [0.15, 0.2) is 16.6 Å². The second-order valence-electron chi connectivity index (χ2n) is 5.42. The zero-order valence-corrected chi connectivity index (χ0v) is 12.8. The van der Waals surface area contributed by atoms with Crippen LogP contribution in [0.25, 0.3) is 0 Å². The number of carbonyl (C=O) groups is 1. The molecule has 1 fully saturated rings. The molecular weight excluding hydrogens is 328 g/mol. The van der Waals surface area contributed by atoms with Crippen LogP contribution in [0.3, 0.4) is 0 Å². The third kappa shape index (κ3) is 3.44. The molecule has 0 spiro atoms. The smallest absolute Gasteiger partial charge is 0.143 e. The molecule has 0 saturated heterocycles. The van der Waals surface area contributed by atoms with Crippen molar-refractivity contribution in [3.8, 4) is 0 Å². The van der Waals surface area contributed by atoms with Crippen molar-refractivity contribution in [1.82, 2.24) is 0 Å². The minimum atomic E-state index is -0.672. The molecule has 2 nitrogen and oxygen atoms in total. The van der Waals surface area contributed by atoms with Gasteiger partial charge in [-0.15, -0.1) is 0 Å². The van der Waals surface area contributed by atoms with Crippen LogP contribution >= 0.6 is 15.9 Å². The fourth-order valence-corrected chi connectivity index (χ4v) is 3.14. The van der Waals surface area contributed by atoms with Gasteiger partial charge in [0.1, 0.15) is 17.4 Å². The van der Waals surface area contributed by atoms with Crippen molar-refractivity contribution in [2.75, 3.05) is 6.54 Å². The number of hydrogen-bond acceptors (Lipinski definition) is 2. The zero-order chi connectivity index (χ0) is 14.7. The maximum Gasteiger partial charge on any atom is 0.143 e. The Labute approximate surface area is 125 Å². The van der Waals surface area contributed by atoms with E-state index >= 15 is 0 Å². The Hall–Kier alpha value is -0.810. The van der Waals surface area contributed by atoms with Crippen molar-refractivity contribution in [2.45, 2.75) is 32.1 Å². The van der Waals surface area contributed by atoms with E-state index in [1.54, 1.807) is 0 Å². The zero-order valence-electron chi connectivity index (χ0n) is 11.2. The number of carbonyl (C=O) groups excluding carboxylic acids is 1. The van der Waals surface area contributed by atoms with Crippen LogP contribution in [0.4, 0.5) is 8.78 Å². The summed E-state index contributed by atoms with van der Waals surface area (Å²) in [6.07, 6.45) is 3.23. The quantitative estimate of drug-likeness (QED) is 0.847. The Morgan fingerprint density at radius 3 is 2.50 bits per heavy atom. The van der Waals surface area contributed by atoms with Crippen LogP contribution in [0.2, 0.25) is 0 Å². The summed E-state index contributed by atoms with van der Waals surface area (Å²) >= 11 is 3.02. The Morgan fingerprint density at radius 1 is 1.25 bits per heavy atom. The molecule has 1 aliphatic rings. The fraction of sp³-hybridized carbons (Fsp3) is 0.533. The van der Waals surface area contributed by atoms with Crippen molar-refractivity contribution in [3.05, 3.63) is 33.8 Å². The number of Topliss-reactive ketones (excluding diaryl/α,β-unsaturated/α-hetero) is 1. The molecule has 1 aromatic carbocycles. The third-order valence-corrected chi connectivity index (χ3v) is 4.74. The van der Waals surface area contributed by atoms with Gasteiger partial charge in [-0.2, -0.15) is 0 Å². The predicted octanol–water partition coefficient (Wildman–Crippen LogP) is 3.60. The summed E-state index contributed by atoms with van der Waals surface area (Å²) < 4.78 is 27.7. The molecule has 0 amide bonds. The summed E-state index contributed by atoms with van der Waals surface area (Å²) in [5, 5.41) is 0. The van der Waals surface area contributed by atoms with E-state index in [1.807, 2.05) is 0 Å². The minimum absolute atomic E-state index is 0.0728. The van der Waals surface area contributed by atoms with E-state index in [-0.39, 0.29) is 28.2 Å². The Morgan fingerprint density at radius 2 is 1.90 bits per heavy atom. The molecule has 1 saturated carbocycles. The van der Waals surface area contributed by atoms with Crippen molar-refractivity contribution in [1.29, 1.82) is 0 Å². The first-order valence-electron chi connectivity index (χ1n) is 6.88. The van der Waals surface area contributed by atoms with Gasteiger partial charge in [0.2, 0.25) is 0 Å². The Balaban J connectivity index is 2.04. The molecule has 2 rings (SSSR count). The van der Waals surface area contributed by atoms with E-state index in [4.69, 9.17) is 5.73 Å². The van der Waals surface area contributed by atoms with Gasteiger partial charge >= 0.3 is 0 Å². The highest BCUT2D eigenvalue weighted by molar-refractivity contribution is 9.10. The first-order chi connectivity index (χ1) is 9.52. The van der Waals surface area contributed by atoms with Crippen LogP contribution in [-0.4, -0.2) is 12.3 Å². The lowest BCUT2D eigenvalue weighted by atomic mass is 9.79. The molecule has 0 heterocycles. The molecule has 0 radical (unpaired) electrons. The van der Waals surface area contributed by atoms with E-state index in [1.165, 1.54) is 12.1 Å². The van der Waals surface area contributed by atoms with Gasteiger partial charge in [0.15, 0.2) is 0 Å². The normalized spacial score (nSPS) is 22.8. The third-order valence-electron chi connectivity index (χ3n) is 4.13. The first kappa shape index (κ1) is 15.6. The maximum absolute atomic E-state index is 13.9. The van der Waals surface area contributed by atoms with Crippen LogP contribution in [0, 0.1) is 23.5 Å². The average molecular weight is 346 g/mol. The Kier molecular flexibility index (Phi) is 5.27. The molecule has 20 heavy (non-hydrogen) atoms. The molecule has 5 heteroatoms. The summed E-state index contributed by atoms with van der Waals surface area (Å²) in [5.74, 6) is -1.01. The number of hydrogen-bond donors (Lipinski definition) is 1. The number of rotatable bonds is 4. The number of benzene rings is 1. The lowest BCUT2D eigenvalue weighted by molar-refractivity contribution is -0.123. The Bertz CT molecular complexity index is 499. The molecular formula is C15H18BrF2NO. The van der Waals surface area contributed by atoms with Gasteiger partial charge in [-0.1, -0.05) is 0 Å². The van der Waals surface area contributed by atoms with Gasteiger partial charge in [-0.3, -0.25) is 4.79 Å². The molecule has 2 N–H and O–H groups in total. The highest BCUT2D eigenvalue weighted by atomic mass is 79.9. The molecule has 0 aliphatic heterocycles. The van der Waals surface area contributed by atoms with Crippen LogP contribution in [-0.2, 0) is 11.2 Å². The van der Waals surface area contributed by atoms with Gasteiger partial charge in [0.05, 0.1) is 4.47 Å². The highest BCUT2D eigenvalue weighted by Gasteiger charge is 2.27. The van der Waals surface area contributed by atoms with Crippen LogP contribution < -0.4 is 5.73 Å². The van der Waals surface area contributed by atoms with E-state index in [0.29, 0.717) is 12.5 Å². The number of halogens is 3. The number of nitrogens with two attached hydrogens (primary N) is 1. The largest absolute Gasteiger partial charge is 0.330 e. The first-order valence-corrected chi connectivity index (χ1v) is 7.67. The summed E-state index contributed by atoms with van der Waals surface area (Å²) in [6, 6.07) is 2.49. The average Bonchev–Trinajstić information content (AvgIpc) is 2.47. The molecule has 0 aromatic heterocycles. The van der Waals surface area contributed by atoms with E-state index in [9.17, 15) is 13.6 Å². The summed E-state index contributed by atoms with van der Waals surface area (Å²) in [6.45, 7) is 0.649. The van der Waals surface area contributed by atoms with Crippen molar-refractivity contribution >= 4 is 21.7 Å². The van der Waals surface area contributed by atoms with Crippen molar-refractivity contribution < 1.29 is 13.6 Å². The second kappa shape index (κ2) is 6.76. The van der Waals surface area contributed by atoms with Gasteiger partial charge in [-0.05, 0) is 66.2 Å². The van der Waals surface area contributed by atoms with Gasteiger partial charge in [0, 0.05) is 17.9 Å². The van der Waals surface area contributed by atoms with Crippen molar-refractivity contribution in [3.63, 3.8) is 0 Å². The molecule has 0 bridgehead atoms. The molecule has 0 unspecified atom stereocenters. The van der Waals surface area contributed by atoms with Gasteiger partial charge in [-0.25, -0.2) is 8.78 Å². The minimum Gasteiger partial charge on any atom is -0.330 e. The maximum atomic E-state index is 13.9. The second-order valence-corrected chi connectivity index (χ2v) is 6.27. The molecule has 0 atom stereocenters. The van der Waals surface area contributed by atoms with E-state index in [2.05, 4.69) is 15.9 Å². The monoisotopic (exact) mass is 345 g/mol.